The van der Waals surface area contributed by atoms with Crippen LogP contribution in [0.1, 0.15) is 20.3 Å². The summed E-state index contributed by atoms with van der Waals surface area (Å²) in [6.45, 7) is 5.20. The minimum absolute atomic E-state index is 0.163. The summed E-state index contributed by atoms with van der Waals surface area (Å²) in [4.78, 5) is 11.9. The molecule has 1 aromatic carbocycles. The minimum Gasteiger partial charge on any atom is -0.268 e. The lowest BCUT2D eigenvalue weighted by Gasteiger charge is -2.02. The molecule has 0 aliphatic carbocycles. The fraction of sp³-hybridized carbons (Fsp3) is 0.417. The molecule has 3 heteroatoms. The summed E-state index contributed by atoms with van der Waals surface area (Å²) in [5, 5.41) is 0.853. The Labute approximate surface area is 93.3 Å². The first-order valence-corrected chi connectivity index (χ1v) is 6.04. The zero-order valence-corrected chi connectivity index (χ0v) is 9.88. The summed E-state index contributed by atoms with van der Waals surface area (Å²) in [6, 6.07) is 7.81. The molecule has 0 bridgehead atoms. The van der Waals surface area contributed by atoms with Crippen molar-refractivity contribution in [2.24, 2.45) is 5.92 Å². The number of fused-ring (bicyclic) bond motifs is 1. The lowest BCUT2D eigenvalue weighted by molar-refractivity contribution is 0.529. The molecule has 0 spiro atoms. The van der Waals surface area contributed by atoms with Crippen molar-refractivity contribution >= 4 is 21.6 Å². The molecule has 0 saturated heterocycles. The van der Waals surface area contributed by atoms with Crippen molar-refractivity contribution in [3.8, 4) is 0 Å². The SMILES string of the molecule is CC(C)CCn1sc2ccccc2c1=O. The lowest BCUT2D eigenvalue weighted by atomic mass is 10.1. The van der Waals surface area contributed by atoms with Crippen LogP contribution >= 0.6 is 11.5 Å². The molecule has 0 radical (unpaired) electrons. The van der Waals surface area contributed by atoms with E-state index in [0.717, 1.165) is 23.1 Å². The fourth-order valence-electron chi connectivity index (χ4n) is 1.54. The topological polar surface area (TPSA) is 22.0 Å². The van der Waals surface area contributed by atoms with Crippen molar-refractivity contribution in [2.45, 2.75) is 26.8 Å². The van der Waals surface area contributed by atoms with Gasteiger partial charge in [-0.05, 0) is 24.5 Å². The molecule has 2 rings (SSSR count). The van der Waals surface area contributed by atoms with E-state index >= 15 is 0 Å². The second kappa shape index (κ2) is 4.19. The molecule has 0 saturated carbocycles. The Morgan fingerprint density at radius 2 is 2.07 bits per heavy atom. The Morgan fingerprint density at radius 3 is 2.73 bits per heavy atom. The van der Waals surface area contributed by atoms with Crippen molar-refractivity contribution in [3.05, 3.63) is 34.6 Å². The molecule has 15 heavy (non-hydrogen) atoms. The van der Waals surface area contributed by atoms with E-state index in [0.29, 0.717) is 5.92 Å². The minimum atomic E-state index is 0.163. The van der Waals surface area contributed by atoms with Gasteiger partial charge in [0.05, 0.1) is 10.1 Å². The van der Waals surface area contributed by atoms with Crippen LogP contribution in [0.2, 0.25) is 0 Å². The maximum absolute atomic E-state index is 11.9. The van der Waals surface area contributed by atoms with E-state index in [1.54, 1.807) is 11.5 Å². The quantitative estimate of drug-likeness (QED) is 0.780. The zero-order chi connectivity index (χ0) is 10.8. The highest BCUT2D eigenvalue weighted by atomic mass is 32.1. The van der Waals surface area contributed by atoms with Gasteiger partial charge >= 0.3 is 0 Å². The largest absolute Gasteiger partial charge is 0.268 e. The Hall–Kier alpha value is -1.09. The van der Waals surface area contributed by atoms with E-state index in [4.69, 9.17) is 0 Å². The van der Waals surface area contributed by atoms with E-state index in [9.17, 15) is 4.79 Å². The summed E-state index contributed by atoms with van der Waals surface area (Å²) in [6.07, 6.45) is 1.06. The molecule has 80 valence electrons. The Balaban J connectivity index is 2.36. The van der Waals surface area contributed by atoms with Crippen LogP contribution < -0.4 is 5.56 Å². The number of aryl methyl sites for hydroxylation is 1. The number of hydrogen-bond donors (Lipinski definition) is 0. The highest BCUT2D eigenvalue weighted by Gasteiger charge is 2.06. The molecular weight excluding hydrogens is 206 g/mol. The number of rotatable bonds is 3. The number of benzene rings is 1. The average molecular weight is 221 g/mol. The predicted molar refractivity (Wildman–Crippen MR) is 65.5 cm³/mol. The monoisotopic (exact) mass is 221 g/mol. The second-order valence-corrected chi connectivity index (χ2v) is 5.24. The van der Waals surface area contributed by atoms with Gasteiger partial charge < -0.3 is 0 Å². The number of aromatic nitrogens is 1. The van der Waals surface area contributed by atoms with Gasteiger partial charge in [-0.2, -0.15) is 0 Å². The van der Waals surface area contributed by atoms with Gasteiger partial charge in [0, 0.05) is 6.54 Å². The smallest absolute Gasteiger partial charge is 0.268 e. The Morgan fingerprint density at radius 1 is 1.33 bits per heavy atom. The molecule has 2 aromatic rings. The molecule has 0 aliphatic rings. The van der Waals surface area contributed by atoms with Gasteiger partial charge in [-0.25, -0.2) is 0 Å². The van der Waals surface area contributed by atoms with E-state index in [1.807, 2.05) is 28.2 Å². The molecule has 0 atom stereocenters. The van der Waals surface area contributed by atoms with Gasteiger partial charge in [-0.1, -0.05) is 37.5 Å². The van der Waals surface area contributed by atoms with Crippen LogP contribution in [0.3, 0.4) is 0 Å². The molecule has 0 unspecified atom stereocenters. The third-order valence-electron chi connectivity index (χ3n) is 2.46. The third-order valence-corrected chi connectivity index (χ3v) is 3.58. The van der Waals surface area contributed by atoms with Crippen molar-refractivity contribution < 1.29 is 0 Å². The van der Waals surface area contributed by atoms with Crippen LogP contribution in [0.4, 0.5) is 0 Å². The van der Waals surface area contributed by atoms with E-state index in [2.05, 4.69) is 13.8 Å². The normalized spacial score (nSPS) is 11.4. The molecule has 0 amide bonds. The van der Waals surface area contributed by atoms with Crippen LogP contribution in [0.25, 0.3) is 10.1 Å². The van der Waals surface area contributed by atoms with Crippen LogP contribution in [0.15, 0.2) is 29.1 Å². The molecule has 0 N–H and O–H groups in total. The van der Waals surface area contributed by atoms with Gasteiger partial charge in [-0.15, -0.1) is 0 Å². The number of nitrogens with zero attached hydrogens (tertiary/aromatic N) is 1. The van der Waals surface area contributed by atoms with Crippen LogP contribution in [0, 0.1) is 5.92 Å². The van der Waals surface area contributed by atoms with Gasteiger partial charge in [0.2, 0.25) is 0 Å². The summed E-state index contributed by atoms with van der Waals surface area (Å²) >= 11 is 1.57. The average Bonchev–Trinajstić information content (AvgIpc) is 2.54. The number of hydrogen-bond acceptors (Lipinski definition) is 2. The summed E-state index contributed by atoms with van der Waals surface area (Å²) in [5.41, 5.74) is 0.163. The zero-order valence-electron chi connectivity index (χ0n) is 9.06. The maximum atomic E-state index is 11.9. The highest BCUT2D eigenvalue weighted by molar-refractivity contribution is 7.13. The summed E-state index contributed by atoms with van der Waals surface area (Å²) < 4.78 is 2.95. The van der Waals surface area contributed by atoms with Gasteiger partial charge in [0.15, 0.2) is 0 Å². The summed E-state index contributed by atoms with van der Waals surface area (Å²) in [5.74, 6) is 0.641. The molecule has 0 fully saturated rings. The van der Waals surface area contributed by atoms with Gasteiger partial charge in [0.1, 0.15) is 0 Å². The Kier molecular flexibility index (Phi) is 2.91. The van der Waals surface area contributed by atoms with Crippen molar-refractivity contribution in [1.29, 1.82) is 0 Å². The second-order valence-electron chi connectivity index (χ2n) is 4.18. The van der Waals surface area contributed by atoms with Crippen LogP contribution in [0.5, 0.6) is 0 Å². The first-order valence-electron chi connectivity index (χ1n) is 5.27. The van der Waals surface area contributed by atoms with Crippen molar-refractivity contribution in [2.75, 3.05) is 0 Å². The molecule has 1 heterocycles. The van der Waals surface area contributed by atoms with Gasteiger partial charge in [0.25, 0.3) is 5.56 Å². The standard InChI is InChI=1S/C12H15NOS/c1-9(2)7-8-13-12(14)10-5-3-4-6-11(10)15-13/h3-6,9H,7-8H2,1-2H3. The van der Waals surface area contributed by atoms with E-state index in [-0.39, 0.29) is 5.56 Å². The van der Waals surface area contributed by atoms with Crippen molar-refractivity contribution in [1.82, 2.24) is 3.96 Å². The maximum Gasteiger partial charge on any atom is 0.268 e. The van der Waals surface area contributed by atoms with E-state index in [1.165, 1.54) is 0 Å². The molecule has 0 aliphatic heterocycles. The fourth-order valence-corrected chi connectivity index (χ4v) is 2.55. The molecule has 1 aromatic heterocycles. The Bertz CT molecular complexity index is 510. The first kappa shape index (κ1) is 10.4. The summed E-state index contributed by atoms with van der Waals surface area (Å²) in [7, 11) is 0. The molecule has 2 nitrogen and oxygen atoms in total. The lowest BCUT2D eigenvalue weighted by Crippen LogP contribution is -2.13. The van der Waals surface area contributed by atoms with Crippen LogP contribution in [-0.2, 0) is 6.54 Å². The van der Waals surface area contributed by atoms with Gasteiger partial charge in [-0.3, -0.25) is 8.75 Å². The van der Waals surface area contributed by atoms with Crippen LogP contribution in [-0.4, -0.2) is 3.96 Å². The first-order chi connectivity index (χ1) is 7.18. The molecular formula is C12H15NOS. The van der Waals surface area contributed by atoms with Crippen molar-refractivity contribution in [3.63, 3.8) is 0 Å². The predicted octanol–water partition coefficient (Wildman–Crippen LogP) is 3.11. The highest BCUT2D eigenvalue weighted by Crippen LogP contribution is 2.16. The third kappa shape index (κ3) is 2.12. The van der Waals surface area contributed by atoms with E-state index < -0.39 is 0 Å².